The van der Waals surface area contributed by atoms with Crippen LogP contribution in [0.4, 0.5) is 10.1 Å². The molecule has 2 aromatic carbocycles. The number of para-hydroxylation sites is 1. The molecule has 0 radical (unpaired) electrons. The molecule has 1 aliphatic carbocycles. The molecule has 2 N–H and O–H groups in total. The van der Waals surface area contributed by atoms with Gasteiger partial charge in [-0.05, 0) is 48.1 Å². The Balaban J connectivity index is 1.45. The third kappa shape index (κ3) is 4.53. The molecule has 1 saturated carbocycles. The number of hydrogen-bond donors (Lipinski definition) is 2. The van der Waals surface area contributed by atoms with Gasteiger partial charge in [0.1, 0.15) is 16.5 Å². The van der Waals surface area contributed by atoms with Crippen LogP contribution in [0.2, 0.25) is 0 Å². The van der Waals surface area contributed by atoms with Gasteiger partial charge in [0.2, 0.25) is 5.91 Å². The predicted octanol–water partition coefficient (Wildman–Crippen LogP) is 4.00. The number of amidine groups is 1. The van der Waals surface area contributed by atoms with E-state index in [-0.39, 0.29) is 22.0 Å². The highest BCUT2D eigenvalue weighted by molar-refractivity contribution is 7.90. The van der Waals surface area contributed by atoms with Crippen LogP contribution in [0, 0.1) is 11.2 Å². The molecule has 0 bridgehead atoms. The third-order valence-corrected chi connectivity index (χ3v) is 7.19. The van der Waals surface area contributed by atoms with Crippen molar-refractivity contribution in [1.82, 2.24) is 5.32 Å². The smallest absolute Gasteiger partial charge is 0.286 e. The Hall–Kier alpha value is -2.74. The van der Waals surface area contributed by atoms with Gasteiger partial charge in [-0.3, -0.25) is 4.79 Å². The van der Waals surface area contributed by atoms with E-state index in [0.29, 0.717) is 30.9 Å². The number of rotatable bonds is 6. The number of fused-ring (bicyclic) bond motifs is 1. The second-order valence-corrected chi connectivity index (χ2v) is 9.67. The Bertz CT molecular complexity index is 1080. The number of nitrogens with zero attached hydrogens (tertiary/aromatic N) is 1. The molecule has 0 unspecified atom stereocenters. The Labute approximate surface area is 175 Å². The minimum atomic E-state index is -3.74. The zero-order valence-corrected chi connectivity index (χ0v) is 17.3. The van der Waals surface area contributed by atoms with Crippen LogP contribution < -0.4 is 10.6 Å². The molecule has 158 valence electrons. The van der Waals surface area contributed by atoms with Gasteiger partial charge in [-0.25, -0.2) is 4.39 Å². The lowest BCUT2D eigenvalue weighted by Crippen LogP contribution is -2.34. The number of carbonyl (C=O) groups excluding carboxylic acids is 1. The Morgan fingerprint density at radius 3 is 2.53 bits per heavy atom. The van der Waals surface area contributed by atoms with Crippen LogP contribution in [-0.4, -0.2) is 20.2 Å². The van der Waals surface area contributed by atoms with Crippen LogP contribution in [0.1, 0.15) is 44.1 Å². The maximum Gasteiger partial charge on any atom is 0.286 e. The van der Waals surface area contributed by atoms with Gasteiger partial charge in [0.05, 0.1) is 5.69 Å². The molecule has 2 aliphatic rings. The molecule has 0 atom stereocenters. The first-order chi connectivity index (χ1) is 14.4. The summed E-state index contributed by atoms with van der Waals surface area (Å²) in [6.45, 7) is 0.330. The normalized spacial score (nSPS) is 18.8. The fraction of sp³-hybridized carbons (Fsp3) is 0.364. The van der Waals surface area contributed by atoms with Crippen LogP contribution in [0.15, 0.2) is 57.8 Å². The van der Waals surface area contributed by atoms with Crippen molar-refractivity contribution >= 4 is 27.5 Å². The first kappa shape index (κ1) is 20.5. The Morgan fingerprint density at radius 2 is 1.80 bits per heavy atom. The van der Waals surface area contributed by atoms with Gasteiger partial charge in [0.25, 0.3) is 10.0 Å². The molecule has 30 heavy (non-hydrogen) atoms. The van der Waals surface area contributed by atoms with Crippen LogP contribution in [0.3, 0.4) is 0 Å². The fourth-order valence-corrected chi connectivity index (χ4v) is 5.49. The van der Waals surface area contributed by atoms with Crippen molar-refractivity contribution in [3.05, 3.63) is 59.9 Å². The average Bonchev–Trinajstić information content (AvgIpc) is 3.15. The summed E-state index contributed by atoms with van der Waals surface area (Å²) in [5, 5.41) is 6.04. The number of amides is 1. The van der Waals surface area contributed by atoms with Crippen LogP contribution in [0.25, 0.3) is 0 Å². The SMILES string of the molecule is O=C(CC1(CC2=NS(=O)(=O)c3ccccc3N2)CCCC1)NCc1ccc(F)cc1. The van der Waals surface area contributed by atoms with Gasteiger partial charge in [0.15, 0.2) is 0 Å². The molecule has 1 amide bonds. The van der Waals surface area contributed by atoms with E-state index in [1.165, 1.54) is 18.2 Å². The number of halogens is 1. The summed E-state index contributed by atoms with van der Waals surface area (Å²) in [5.74, 6) is -0.0184. The molecular formula is C22H24FN3O3S. The van der Waals surface area contributed by atoms with E-state index in [1.54, 1.807) is 30.3 Å². The summed E-state index contributed by atoms with van der Waals surface area (Å²) in [4.78, 5) is 12.8. The third-order valence-electron chi connectivity index (χ3n) is 5.82. The maximum absolute atomic E-state index is 13.0. The fourth-order valence-electron chi connectivity index (χ4n) is 4.35. The number of carbonyl (C=O) groups is 1. The van der Waals surface area contributed by atoms with Crippen molar-refractivity contribution < 1.29 is 17.6 Å². The summed E-state index contributed by atoms with van der Waals surface area (Å²) in [7, 11) is -3.74. The summed E-state index contributed by atoms with van der Waals surface area (Å²) in [6, 6.07) is 12.7. The summed E-state index contributed by atoms with van der Waals surface area (Å²) >= 11 is 0. The number of benzene rings is 2. The predicted molar refractivity (Wildman–Crippen MR) is 113 cm³/mol. The molecule has 0 saturated heterocycles. The first-order valence-electron chi connectivity index (χ1n) is 10.1. The zero-order chi connectivity index (χ0) is 21.2. The molecule has 0 aromatic heterocycles. The molecule has 1 aliphatic heterocycles. The number of sulfonamides is 1. The molecule has 0 spiro atoms. The van der Waals surface area contributed by atoms with Crippen molar-refractivity contribution in [3.63, 3.8) is 0 Å². The second-order valence-electron chi connectivity index (χ2n) is 8.10. The average molecular weight is 430 g/mol. The second kappa shape index (κ2) is 8.18. The largest absolute Gasteiger partial charge is 0.352 e. The lowest BCUT2D eigenvalue weighted by molar-refractivity contribution is -0.123. The Kier molecular flexibility index (Phi) is 5.60. The van der Waals surface area contributed by atoms with Crippen molar-refractivity contribution in [2.45, 2.75) is 50.0 Å². The van der Waals surface area contributed by atoms with E-state index in [1.807, 2.05) is 0 Å². The van der Waals surface area contributed by atoms with E-state index in [0.717, 1.165) is 31.2 Å². The van der Waals surface area contributed by atoms with Gasteiger partial charge >= 0.3 is 0 Å². The lowest BCUT2D eigenvalue weighted by atomic mass is 9.78. The summed E-state index contributed by atoms with van der Waals surface area (Å²) in [6.07, 6.45) is 4.41. The molecule has 1 heterocycles. The van der Waals surface area contributed by atoms with Crippen molar-refractivity contribution in [2.24, 2.45) is 9.81 Å². The van der Waals surface area contributed by atoms with Gasteiger partial charge in [0, 0.05) is 19.4 Å². The van der Waals surface area contributed by atoms with Crippen molar-refractivity contribution in [3.8, 4) is 0 Å². The van der Waals surface area contributed by atoms with Crippen LogP contribution in [-0.2, 0) is 21.4 Å². The van der Waals surface area contributed by atoms with Crippen molar-refractivity contribution in [2.75, 3.05) is 5.32 Å². The standard InChI is InChI=1S/C22H24FN3O3S/c23-17-9-7-16(8-10-17)15-24-21(27)14-22(11-3-4-12-22)13-20-25-18-5-1-2-6-19(18)30(28,29)26-20/h1-2,5-10H,3-4,11-15H2,(H,24,27)(H,25,26). The summed E-state index contributed by atoms with van der Waals surface area (Å²) in [5.41, 5.74) is 1.03. The first-order valence-corrected chi connectivity index (χ1v) is 11.5. The Morgan fingerprint density at radius 1 is 1.10 bits per heavy atom. The minimum absolute atomic E-state index is 0.0964. The van der Waals surface area contributed by atoms with E-state index in [9.17, 15) is 17.6 Å². The topological polar surface area (TPSA) is 87.6 Å². The van der Waals surface area contributed by atoms with E-state index < -0.39 is 10.0 Å². The highest BCUT2D eigenvalue weighted by Crippen LogP contribution is 2.45. The van der Waals surface area contributed by atoms with Crippen molar-refractivity contribution in [1.29, 1.82) is 0 Å². The molecular weight excluding hydrogens is 405 g/mol. The highest BCUT2D eigenvalue weighted by atomic mass is 32.2. The lowest BCUT2D eigenvalue weighted by Gasteiger charge is -2.30. The highest BCUT2D eigenvalue weighted by Gasteiger charge is 2.38. The van der Waals surface area contributed by atoms with E-state index in [2.05, 4.69) is 15.0 Å². The summed E-state index contributed by atoms with van der Waals surface area (Å²) < 4.78 is 42.1. The maximum atomic E-state index is 13.0. The van der Waals surface area contributed by atoms with Gasteiger partial charge in [-0.2, -0.15) is 8.42 Å². The van der Waals surface area contributed by atoms with Gasteiger partial charge in [-0.15, -0.1) is 4.40 Å². The van der Waals surface area contributed by atoms with Crippen LogP contribution in [0.5, 0.6) is 0 Å². The molecule has 8 heteroatoms. The van der Waals surface area contributed by atoms with Gasteiger partial charge < -0.3 is 10.6 Å². The minimum Gasteiger partial charge on any atom is -0.352 e. The van der Waals surface area contributed by atoms with Crippen LogP contribution >= 0.6 is 0 Å². The zero-order valence-electron chi connectivity index (χ0n) is 16.5. The molecule has 2 aromatic rings. The number of anilines is 1. The molecule has 4 rings (SSSR count). The number of hydrogen-bond acceptors (Lipinski definition) is 4. The quantitative estimate of drug-likeness (QED) is 0.727. The van der Waals surface area contributed by atoms with E-state index >= 15 is 0 Å². The van der Waals surface area contributed by atoms with E-state index in [4.69, 9.17) is 0 Å². The molecule has 1 fully saturated rings. The van der Waals surface area contributed by atoms with Gasteiger partial charge in [-0.1, -0.05) is 37.1 Å². The monoisotopic (exact) mass is 429 g/mol. The number of nitrogens with one attached hydrogen (secondary N) is 2. The molecule has 6 nitrogen and oxygen atoms in total.